The number of hydrogen-bond acceptors (Lipinski definition) is 6. The number of nitrogens with zero attached hydrogens (tertiary/aromatic N) is 1. The van der Waals surface area contributed by atoms with E-state index in [0.717, 1.165) is 8.66 Å². The Morgan fingerprint density at radius 3 is 3.00 bits per heavy atom. The number of nitrogens with two attached hydrogens (primary N) is 1. The van der Waals surface area contributed by atoms with Crippen molar-refractivity contribution in [3.05, 3.63) is 21.5 Å². The lowest BCUT2D eigenvalue weighted by Crippen LogP contribution is -2.32. The fourth-order valence-corrected chi connectivity index (χ4v) is 2.91. The van der Waals surface area contributed by atoms with E-state index in [9.17, 15) is 4.79 Å². The van der Waals surface area contributed by atoms with Crippen LogP contribution >= 0.6 is 27.3 Å². The average molecular weight is 360 g/mol. The van der Waals surface area contributed by atoms with E-state index in [1.807, 2.05) is 19.1 Å². The summed E-state index contributed by atoms with van der Waals surface area (Å²) in [6, 6.07) is 3.72. The first-order chi connectivity index (χ1) is 9.52. The molecule has 8 heteroatoms. The van der Waals surface area contributed by atoms with Gasteiger partial charge >= 0.3 is 0 Å². The van der Waals surface area contributed by atoms with E-state index in [1.54, 1.807) is 7.11 Å². The third kappa shape index (κ3) is 3.20. The topological polar surface area (TPSA) is 90.4 Å². The second-order valence-electron chi connectivity index (χ2n) is 4.13. The summed E-state index contributed by atoms with van der Waals surface area (Å²) in [6.07, 6.45) is -0.0839. The summed E-state index contributed by atoms with van der Waals surface area (Å²) in [5.74, 6) is -0.320. The number of nitrogens with one attached hydrogen (secondary N) is 1. The van der Waals surface area contributed by atoms with Gasteiger partial charge in [0.1, 0.15) is 11.3 Å². The normalized spacial score (nSPS) is 12.3. The number of thiophene rings is 1. The molecule has 0 aliphatic heterocycles. The standard InChI is InChI=1S/C12H14BrN3O3S/c1-6(18-2)5-15-12(17)9-10(16-19-11(9)14)7-3-4-8(13)20-7/h3-4,6H,5,14H2,1-2H3,(H,15,17). The van der Waals surface area contributed by atoms with Crippen molar-refractivity contribution >= 4 is 39.1 Å². The largest absolute Gasteiger partial charge is 0.380 e. The zero-order valence-corrected chi connectivity index (χ0v) is 13.4. The van der Waals surface area contributed by atoms with E-state index in [-0.39, 0.29) is 23.5 Å². The average Bonchev–Trinajstić information content (AvgIpc) is 3.01. The number of halogens is 1. The Morgan fingerprint density at radius 2 is 2.40 bits per heavy atom. The molecule has 108 valence electrons. The van der Waals surface area contributed by atoms with Crippen LogP contribution in [-0.2, 0) is 4.74 Å². The summed E-state index contributed by atoms with van der Waals surface area (Å²) < 4.78 is 11.0. The van der Waals surface area contributed by atoms with Gasteiger partial charge in [0, 0.05) is 13.7 Å². The van der Waals surface area contributed by atoms with Crippen molar-refractivity contribution in [2.45, 2.75) is 13.0 Å². The summed E-state index contributed by atoms with van der Waals surface area (Å²) in [4.78, 5) is 13.0. The predicted octanol–water partition coefficient (Wildman–Crippen LogP) is 2.51. The number of methoxy groups -OCH3 is 1. The molecule has 2 aromatic rings. The summed E-state index contributed by atoms with van der Waals surface area (Å²) in [7, 11) is 1.58. The SMILES string of the molecule is COC(C)CNC(=O)c1c(-c2ccc(Br)s2)noc1N. The molecular formula is C12H14BrN3O3S. The van der Waals surface area contributed by atoms with E-state index >= 15 is 0 Å². The molecule has 0 aromatic carbocycles. The number of rotatable bonds is 5. The Hall–Kier alpha value is -1.38. The zero-order valence-electron chi connectivity index (χ0n) is 11.0. The van der Waals surface area contributed by atoms with Gasteiger partial charge in [0.05, 0.1) is 14.8 Å². The second-order valence-corrected chi connectivity index (χ2v) is 6.59. The third-order valence-corrected chi connectivity index (χ3v) is 4.33. The molecule has 0 aliphatic carbocycles. The van der Waals surface area contributed by atoms with Gasteiger partial charge in [0.15, 0.2) is 0 Å². The Balaban J connectivity index is 2.23. The zero-order chi connectivity index (χ0) is 14.7. The Bertz CT molecular complexity index is 611. The van der Waals surface area contributed by atoms with Gasteiger partial charge in [-0.3, -0.25) is 4.79 Å². The molecule has 2 heterocycles. The minimum atomic E-state index is -0.327. The minimum Gasteiger partial charge on any atom is -0.380 e. The number of carbonyl (C=O) groups excluding carboxylic acids is 1. The molecule has 2 aromatic heterocycles. The monoisotopic (exact) mass is 359 g/mol. The number of ether oxygens (including phenoxy) is 1. The molecule has 0 saturated heterocycles. The molecule has 20 heavy (non-hydrogen) atoms. The van der Waals surface area contributed by atoms with E-state index in [2.05, 4.69) is 26.4 Å². The molecule has 3 N–H and O–H groups in total. The second kappa shape index (κ2) is 6.38. The number of anilines is 1. The molecule has 1 atom stereocenters. The van der Waals surface area contributed by atoms with Crippen molar-refractivity contribution in [3.63, 3.8) is 0 Å². The van der Waals surface area contributed by atoms with Gasteiger partial charge in [0.2, 0.25) is 5.88 Å². The van der Waals surface area contributed by atoms with Crippen LogP contribution in [0.5, 0.6) is 0 Å². The van der Waals surface area contributed by atoms with Crippen LogP contribution in [0.1, 0.15) is 17.3 Å². The summed E-state index contributed by atoms with van der Waals surface area (Å²) in [5, 5.41) is 6.61. The van der Waals surface area contributed by atoms with Gasteiger partial charge in [-0.25, -0.2) is 0 Å². The first-order valence-electron chi connectivity index (χ1n) is 5.84. The van der Waals surface area contributed by atoms with Crippen molar-refractivity contribution in [1.29, 1.82) is 0 Å². The van der Waals surface area contributed by atoms with Crippen molar-refractivity contribution in [2.24, 2.45) is 0 Å². The van der Waals surface area contributed by atoms with Gasteiger partial charge in [-0.2, -0.15) is 0 Å². The predicted molar refractivity (Wildman–Crippen MR) is 80.7 cm³/mol. The quantitative estimate of drug-likeness (QED) is 0.855. The summed E-state index contributed by atoms with van der Waals surface area (Å²) >= 11 is 4.82. The molecule has 0 bridgehead atoms. The Labute approximate surface area is 128 Å². The highest BCUT2D eigenvalue weighted by Gasteiger charge is 2.23. The third-order valence-electron chi connectivity index (χ3n) is 2.70. The molecular weight excluding hydrogens is 346 g/mol. The van der Waals surface area contributed by atoms with Crippen LogP contribution in [0.15, 0.2) is 20.4 Å². The maximum atomic E-state index is 12.2. The fraction of sp³-hybridized carbons (Fsp3) is 0.333. The summed E-state index contributed by atoms with van der Waals surface area (Å²) in [5.41, 5.74) is 6.39. The van der Waals surface area contributed by atoms with Gasteiger partial charge in [-0.15, -0.1) is 11.3 Å². The van der Waals surface area contributed by atoms with Crippen LogP contribution < -0.4 is 11.1 Å². The van der Waals surface area contributed by atoms with E-state index in [4.69, 9.17) is 15.0 Å². The molecule has 0 spiro atoms. The van der Waals surface area contributed by atoms with Gasteiger partial charge in [-0.1, -0.05) is 5.16 Å². The maximum absolute atomic E-state index is 12.2. The highest BCUT2D eigenvalue weighted by atomic mass is 79.9. The van der Waals surface area contributed by atoms with Crippen LogP contribution in [0.3, 0.4) is 0 Å². The number of aromatic nitrogens is 1. The number of carbonyl (C=O) groups is 1. The number of hydrogen-bond donors (Lipinski definition) is 2. The van der Waals surface area contributed by atoms with Crippen molar-refractivity contribution in [1.82, 2.24) is 10.5 Å². The van der Waals surface area contributed by atoms with Crippen molar-refractivity contribution in [2.75, 3.05) is 19.4 Å². The van der Waals surface area contributed by atoms with E-state index < -0.39 is 0 Å². The van der Waals surface area contributed by atoms with Crippen LogP contribution in [0.4, 0.5) is 5.88 Å². The number of nitrogen functional groups attached to an aromatic ring is 1. The fourth-order valence-electron chi connectivity index (χ4n) is 1.54. The lowest BCUT2D eigenvalue weighted by atomic mass is 10.2. The van der Waals surface area contributed by atoms with E-state index in [1.165, 1.54) is 11.3 Å². The molecule has 0 fully saturated rings. The lowest BCUT2D eigenvalue weighted by molar-refractivity contribution is 0.0871. The smallest absolute Gasteiger partial charge is 0.259 e. The van der Waals surface area contributed by atoms with Crippen LogP contribution in [0.25, 0.3) is 10.6 Å². The molecule has 0 saturated carbocycles. The van der Waals surface area contributed by atoms with Crippen LogP contribution in [-0.4, -0.2) is 30.8 Å². The first kappa shape index (κ1) is 15.0. The Morgan fingerprint density at radius 1 is 1.65 bits per heavy atom. The Kier molecular flexibility index (Phi) is 4.79. The molecule has 1 amide bonds. The van der Waals surface area contributed by atoms with Crippen LogP contribution in [0, 0.1) is 0 Å². The highest BCUT2D eigenvalue weighted by molar-refractivity contribution is 9.11. The first-order valence-corrected chi connectivity index (χ1v) is 7.45. The molecule has 6 nitrogen and oxygen atoms in total. The summed E-state index contributed by atoms with van der Waals surface area (Å²) in [6.45, 7) is 2.24. The minimum absolute atomic E-state index is 0.00657. The van der Waals surface area contributed by atoms with E-state index in [0.29, 0.717) is 12.2 Å². The molecule has 1 unspecified atom stereocenters. The maximum Gasteiger partial charge on any atom is 0.259 e. The molecule has 0 radical (unpaired) electrons. The van der Waals surface area contributed by atoms with Gasteiger partial charge < -0.3 is 20.3 Å². The van der Waals surface area contributed by atoms with Crippen LogP contribution in [0.2, 0.25) is 0 Å². The number of amides is 1. The van der Waals surface area contributed by atoms with Crippen molar-refractivity contribution < 1.29 is 14.1 Å². The molecule has 0 aliphatic rings. The molecule has 2 rings (SSSR count). The van der Waals surface area contributed by atoms with Crippen molar-refractivity contribution in [3.8, 4) is 10.6 Å². The highest BCUT2D eigenvalue weighted by Crippen LogP contribution is 2.34. The van der Waals surface area contributed by atoms with Gasteiger partial charge in [-0.05, 0) is 35.0 Å². The lowest BCUT2D eigenvalue weighted by Gasteiger charge is -2.10. The van der Waals surface area contributed by atoms with Gasteiger partial charge in [0.25, 0.3) is 5.91 Å².